The van der Waals surface area contributed by atoms with Crippen LogP contribution in [0.3, 0.4) is 0 Å². The molecule has 0 saturated carbocycles. The van der Waals surface area contributed by atoms with Crippen molar-refractivity contribution >= 4 is 17.3 Å². The van der Waals surface area contributed by atoms with Crippen molar-refractivity contribution in [2.24, 2.45) is 5.16 Å². The molecular formula is C20H21FN2O4. The summed E-state index contributed by atoms with van der Waals surface area (Å²) < 4.78 is 24.4. The zero-order valence-corrected chi connectivity index (χ0v) is 15.2. The first-order valence-electron chi connectivity index (χ1n) is 8.79. The topological polar surface area (TPSA) is 69.2 Å². The number of halogens is 1. The number of nitrogens with one attached hydrogen (secondary N) is 1. The lowest BCUT2D eigenvalue weighted by molar-refractivity contribution is -0.125. The number of oxime groups is 1. The van der Waals surface area contributed by atoms with Crippen molar-refractivity contribution < 1.29 is 23.5 Å². The third kappa shape index (κ3) is 4.55. The van der Waals surface area contributed by atoms with Crippen LogP contribution in [0.2, 0.25) is 0 Å². The summed E-state index contributed by atoms with van der Waals surface area (Å²) in [6, 6.07) is 11.3. The van der Waals surface area contributed by atoms with Gasteiger partial charge in [-0.1, -0.05) is 17.3 Å². The van der Waals surface area contributed by atoms with Gasteiger partial charge in [-0.2, -0.15) is 0 Å². The second kappa shape index (κ2) is 8.53. The SMILES string of the molecule is CCOc1ccc(OCC)c(NC(=O)C2CC(c3cccc(F)c3)=NO2)c1. The first-order chi connectivity index (χ1) is 13.1. The van der Waals surface area contributed by atoms with Crippen molar-refractivity contribution in [3.05, 3.63) is 53.8 Å². The fourth-order valence-corrected chi connectivity index (χ4v) is 2.71. The van der Waals surface area contributed by atoms with Crippen molar-refractivity contribution in [1.82, 2.24) is 0 Å². The lowest BCUT2D eigenvalue weighted by Gasteiger charge is -2.15. The average molecular weight is 372 g/mol. The van der Waals surface area contributed by atoms with Gasteiger partial charge in [-0.15, -0.1) is 0 Å². The highest BCUT2D eigenvalue weighted by molar-refractivity contribution is 6.06. The first-order valence-corrected chi connectivity index (χ1v) is 8.79. The van der Waals surface area contributed by atoms with Gasteiger partial charge in [0.1, 0.15) is 17.3 Å². The van der Waals surface area contributed by atoms with Crippen LogP contribution in [0, 0.1) is 5.82 Å². The van der Waals surface area contributed by atoms with Gasteiger partial charge in [0.2, 0.25) is 6.10 Å². The van der Waals surface area contributed by atoms with Gasteiger partial charge in [-0.25, -0.2) is 4.39 Å². The smallest absolute Gasteiger partial charge is 0.268 e. The molecule has 0 spiro atoms. The molecule has 0 aromatic heterocycles. The Balaban J connectivity index is 1.70. The van der Waals surface area contributed by atoms with Crippen LogP contribution in [0.4, 0.5) is 10.1 Å². The van der Waals surface area contributed by atoms with E-state index in [2.05, 4.69) is 10.5 Å². The molecule has 2 aromatic carbocycles. The quantitative estimate of drug-likeness (QED) is 0.804. The molecule has 6 nitrogen and oxygen atoms in total. The molecule has 1 aliphatic rings. The number of carbonyl (C=O) groups is 1. The van der Waals surface area contributed by atoms with E-state index in [1.165, 1.54) is 12.1 Å². The summed E-state index contributed by atoms with van der Waals surface area (Å²) >= 11 is 0. The van der Waals surface area contributed by atoms with Crippen molar-refractivity contribution in [2.45, 2.75) is 26.4 Å². The van der Waals surface area contributed by atoms with Crippen LogP contribution in [0.5, 0.6) is 11.5 Å². The summed E-state index contributed by atoms with van der Waals surface area (Å²) in [5.41, 5.74) is 1.62. The van der Waals surface area contributed by atoms with Crippen molar-refractivity contribution in [3.8, 4) is 11.5 Å². The van der Waals surface area contributed by atoms with Gasteiger partial charge in [0.25, 0.3) is 5.91 Å². The lowest BCUT2D eigenvalue weighted by atomic mass is 10.0. The van der Waals surface area contributed by atoms with Crippen LogP contribution in [0.15, 0.2) is 47.6 Å². The number of ether oxygens (including phenoxy) is 2. The number of carbonyl (C=O) groups excluding carboxylic acids is 1. The Bertz CT molecular complexity index is 854. The molecule has 142 valence electrons. The molecule has 1 amide bonds. The third-order valence-corrected chi connectivity index (χ3v) is 3.94. The molecule has 0 bridgehead atoms. The molecule has 1 heterocycles. The number of hydrogen-bond donors (Lipinski definition) is 1. The summed E-state index contributed by atoms with van der Waals surface area (Å²) in [5, 5.41) is 6.73. The fourth-order valence-electron chi connectivity index (χ4n) is 2.71. The highest BCUT2D eigenvalue weighted by atomic mass is 19.1. The summed E-state index contributed by atoms with van der Waals surface area (Å²) in [7, 11) is 0. The Hall–Kier alpha value is -3.09. The van der Waals surface area contributed by atoms with E-state index >= 15 is 0 Å². The van der Waals surface area contributed by atoms with Crippen molar-refractivity contribution in [2.75, 3.05) is 18.5 Å². The molecule has 1 unspecified atom stereocenters. The molecule has 7 heteroatoms. The van der Waals surface area contributed by atoms with Gasteiger partial charge in [-0.3, -0.25) is 4.79 Å². The molecule has 0 fully saturated rings. The minimum atomic E-state index is -0.798. The first kappa shape index (κ1) is 18.7. The van der Waals surface area contributed by atoms with Gasteiger partial charge in [0.05, 0.1) is 24.6 Å². The summed E-state index contributed by atoms with van der Waals surface area (Å²) in [6.45, 7) is 4.72. The van der Waals surface area contributed by atoms with E-state index < -0.39 is 6.10 Å². The van der Waals surface area contributed by atoms with E-state index in [1.807, 2.05) is 13.8 Å². The van der Waals surface area contributed by atoms with Crippen molar-refractivity contribution in [3.63, 3.8) is 0 Å². The highest BCUT2D eigenvalue weighted by Crippen LogP contribution is 2.30. The van der Waals surface area contributed by atoms with Crippen LogP contribution in [0.1, 0.15) is 25.8 Å². The maximum Gasteiger partial charge on any atom is 0.268 e. The zero-order chi connectivity index (χ0) is 19.2. The maximum absolute atomic E-state index is 13.4. The molecule has 0 radical (unpaired) electrons. The molecule has 0 saturated heterocycles. The lowest BCUT2D eigenvalue weighted by Crippen LogP contribution is -2.28. The third-order valence-electron chi connectivity index (χ3n) is 3.94. The minimum absolute atomic E-state index is 0.254. The summed E-state index contributed by atoms with van der Waals surface area (Å²) in [4.78, 5) is 17.9. The molecular weight excluding hydrogens is 351 g/mol. The van der Waals surface area contributed by atoms with Gasteiger partial charge < -0.3 is 19.6 Å². The van der Waals surface area contributed by atoms with E-state index in [4.69, 9.17) is 14.3 Å². The standard InChI is InChI=1S/C20H21FN2O4/c1-3-25-15-8-9-18(26-4-2)17(11-15)22-20(24)19-12-16(23-27-19)13-6-5-7-14(21)10-13/h5-11,19H,3-4,12H2,1-2H3,(H,22,24). The minimum Gasteiger partial charge on any atom is -0.494 e. The predicted octanol–water partition coefficient (Wildman–Crippen LogP) is 3.75. The van der Waals surface area contributed by atoms with E-state index in [-0.39, 0.29) is 18.1 Å². The molecule has 1 N–H and O–H groups in total. The summed E-state index contributed by atoms with van der Waals surface area (Å²) in [5.74, 6) is 0.441. The number of amides is 1. The Morgan fingerprint density at radius 1 is 1.22 bits per heavy atom. The largest absolute Gasteiger partial charge is 0.494 e. The van der Waals surface area contributed by atoms with Crippen LogP contribution in [-0.2, 0) is 9.63 Å². The van der Waals surface area contributed by atoms with Crippen LogP contribution < -0.4 is 14.8 Å². The zero-order valence-electron chi connectivity index (χ0n) is 15.2. The maximum atomic E-state index is 13.4. The van der Waals surface area contributed by atoms with Gasteiger partial charge >= 0.3 is 0 Å². The van der Waals surface area contributed by atoms with E-state index in [9.17, 15) is 9.18 Å². The molecule has 3 rings (SSSR count). The Labute approximate surface area is 156 Å². The second-order valence-electron chi connectivity index (χ2n) is 5.86. The Morgan fingerprint density at radius 3 is 2.78 bits per heavy atom. The molecule has 27 heavy (non-hydrogen) atoms. The van der Waals surface area contributed by atoms with Crippen LogP contribution in [0.25, 0.3) is 0 Å². The number of benzene rings is 2. The van der Waals surface area contributed by atoms with E-state index in [0.717, 1.165) is 0 Å². The predicted molar refractivity (Wildman–Crippen MR) is 99.8 cm³/mol. The second-order valence-corrected chi connectivity index (χ2v) is 5.86. The number of hydrogen-bond acceptors (Lipinski definition) is 5. The summed E-state index contributed by atoms with van der Waals surface area (Å²) in [6.07, 6.45) is -0.543. The van der Waals surface area contributed by atoms with Gasteiger partial charge in [0.15, 0.2) is 0 Å². The van der Waals surface area contributed by atoms with Gasteiger partial charge in [-0.05, 0) is 38.1 Å². The normalized spacial score (nSPS) is 15.7. The number of rotatable bonds is 7. The van der Waals surface area contributed by atoms with Gasteiger partial charge in [0, 0.05) is 18.1 Å². The number of nitrogens with zero attached hydrogens (tertiary/aromatic N) is 1. The Morgan fingerprint density at radius 2 is 2.04 bits per heavy atom. The highest BCUT2D eigenvalue weighted by Gasteiger charge is 2.29. The Kier molecular flexibility index (Phi) is 5.90. The van der Waals surface area contributed by atoms with Crippen LogP contribution in [-0.4, -0.2) is 30.9 Å². The molecule has 1 atom stereocenters. The average Bonchev–Trinajstić information content (AvgIpc) is 3.15. The monoisotopic (exact) mass is 372 g/mol. The van der Waals surface area contributed by atoms with Crippen molar-refractivity contribution in [1.29, 1.82) is 0 Å². The number of anilines is 1. The molecule has 1 aliphatic heterocycles. The molecule has 0 aliphatic carbocycles. The van der Waals surface area contributed by atoms with E-state index in [1.54, 1.807) is 30.3 Å². The van der Waals surface area contributed by atoms with Crippen LogP contribution >= 0.6 is 0 Å². The molecule has 2 aromatic rings. The van der Waals surface area contributed by atoms with E-state index in [0.29, 0.717) is 41.7 Å². The fraction of sp³-hybridized carbons (Fsp3) is 0.300.